The summed E-state index contributed by atoms with van der Waals surface area (Å²) < 4.78 is 5.73. The lowest BCUT2D eigenvalue weighted by atomic mass is 10.0. The van der Waals surface area contributed by atoms with Crippen LogP contribution >= 0.6 is 0 Å². The Bertz CT molecular complexity index is 486. The molecular formula is C14H16O. The molecule has 0 aliphatic carbocycles. The van der Waals surface area contributed by atoms with Gasteiger partial charge in [-0.15, -0.1) is 0 Å². The fourth-order valence-corrected chi connectivity index (χ4v) is 1.88. The van der Waals surface area contributed by atoms with Gasteiger partial charge < -0.3 is 4.74 Å². The number of rotatable bonds is 2. The Morgan fingerprint density at radius 3 is 2.60 bits per heavy atom. The van der Waals surface area contributed by atoms with Crippen molar-refractivity contribution in [2.45, 2.75) is 20.8 Å². The predicted octanol–water partition coefficient (Wildman–Crippen LogP) is 3.86. The summed E-state index contributed by atoms with van der Waals surface area (Å²) in [6.07, 6.45) is 0. The van der Waals surface area contributed by atoms with Crippen LogP contribution in [0.3, 0.4) is 0 Å². The third kappa shape index (κ3) is 1.70. The summed E-state index contributed by atoms with van der Waals surface area (Å²) in [6, 6.07) is 10.6. The van der Waals surface area contributed by atoms with Gasteiger partial charge in [-0.3, -0.25) is 0 Å². The second-order valence-electron chi connectivity index (χ2n) is 3.80. The van der Waals surface area contributed by atoms with Crippen LogP contribution in [-0.2, 0) is 0 Å². The SMILES string of the molecule is CCOc1c(C)c(C)cc2ccccc12. The lowest BCUT2D eigenvalue weighted by Gasteiger charge is -2.13. The Kier molecular flexibility index (Phi) is 2.63. The minimum atomic E-state index is 0.717. The van der Waals surface area contributed by atoms with Crippen LogP contribution in [-0.4, -0.2) is 6.61 Å². The number of benzene rings is 2. The zero-order chi connectivity index (χ0) is 10.8. The summed E-state index contributed by atoms with van der Waals surface area (Å²) >= 11 is 0. The van der Waals surface area contributed by atoms with Gasteiger partial charge in [0.25, 0.3) is 0 Å². The number of fused-ring (bicyclic) bond motifs is 1. The Hall–Kier alpha value is -1.50. The molecule has 0 aromatic heterocycles. The van der Waals surface area contributed by atoms with Crippen molar-refractivity contribution in [2.24, 2.45) is 0 Å². The molecule has 15 heavy (non-hydrogen) atoms. The van der Waals surface area contributed by atoms with Crippen molar-refractivity contribution >= 4 is 10.8 Å². The van der Waals surface area contributed by atoms with Crippen molar-refractivity contribution in [3.05, 3.63) is 41.5 Å². The Balaban J connectivity index is 2.77. The fourth-order valence-electron chi connectivity index (χ4n) is 1.88. The summed E-state index contributed by atoms with van der Waals surface area (Å²) in [6.45, 7) is 6.99. The van der Waals surface area contributed by atoms with Crippen LogP contribution in [0.1, 0.15) is 18.1 Å². The number of hydrogen-bond acceptors (Lipinski definition) is 1. The maximum absolute atomic E-state index is 5.73. The zero-order valence-electron chi connectivity index (χ0n) is 9.50. The summed E-state index contributed by atoms with van der Waals surface area (Å²) in [5.74, 6) is 1.04. The molecule has 0 aliphatic rings. The topological polar surface area (TPSA) is 9.23 Å². The van der Waals surface area contributed by atoms with Crippen molar-refractivity contribution in [1.29, 1.82) is 0 Å². The molecule has 0 radical (unpaired) electrons. The zero-order valence-corrected chi connectivity index (χ0v) is 9.50. The van der Waals surface area contributed by atoms with E-state index in [2.05, 4.69) is 44.2 Å². The molecule has 2 rings (SSSR count). The van der Waals surface area contributed by atoms with Gasteiger partial charge in [0.2, 0.25) is 0 Å². The average molecular weight is 200 g/mol. The summed E-state index contributed by atoms with van der Waals surface area (Å²) in [5.41, 5.74) is 2.53. The van der Waals surface area contributed by atoms with E-state index in [1.54, 1.807) is 0 Å². The summed E-state index contributed by atoms with van der Waals surface area (Å²) in [5, 5.41) is 2.46. The predicted molar refractivity (Wildman–Crippen MR) is 64.6 cm³/mol. The molecule has 2 aromatic carbocycles. The molecule has 1 heteroatoms. The molecule has 78 valence electrons. The Morgan fingerprint density at radius 1 is 1.13 bits per heavy atom. The number of aryl methyl sites for hydroxylation is 1. The van der Waals surface area contributed by atoms with Gasteiger partial charge in [-0.2, -0.15) is 0 Å². The van der Waals surface area contributed by atoms with Crippen LogP contribution < -0.4 is 4.74 Å². The molecule has 0 atom stereocenters. The standard InChI is InChI=1S/C14H16O/c1-4-15-14-11(3)10(2)9-12-7-5-6-8-13(12)14/h5-9H,4H2,1-3H3. The summed E-state index contributed by atoms with van der Waals surface area (Å²) in [4.78, 5) is 0. The van der Waals surface area contributed by atoms with Gasteiger partial charge in [0.15, 0.2) is 0 Å². The van der Waals surface area contributed by atoms with E-state index in [-0.39, 0.29) is 0 Å². The maximum atomic E-state index is 5.73. The first-order valence-corrected chi connectivity index (χ1v) is 5.35. The highest BCUT2D eigenvalue weighted by atomic mass is 16.5. The van der Waals surface area contributed by atoms with Crippen molar-refractivity contribution in [2.75, 3.05) is 6.61 Å². The Morgan fingerprint density at radius 2 is 1.87 bits per heavy atom. The lowest BCUT2D eigenvalue weighted by Crippen LogP contribution is -1.96. The van der Waals surface area contributed by atoms with E-state index in [0.717, 1.165) is 5.75 Å². The Labute approximate surface area is 90.7 Å². The minimum Gasteiger partial charge on any atom is -0.493 e. The second kappa shape index (κ2) is 3.93. The third-order valence-corrected chi connectivity index (χ3v) is 2.80. The van der Waals surface area contributed by atoms with Crippen LogP contribution in [0, 0.1) is 13.8 Å². The molecule has 1 nitrogen and oxygen atoms in total. The fraction of sp³-hybridized carbons (Fsp3) is 0.286. The quantitative estimate of drug-likeness (QED) is 0.715. The molecule has 0 N–H and O–H groups in total. The first-order chi connectivity index (χ1) is 7.24. The number of ether oxygens (including phenoxy) is 1. The van der Waals surface area contributed by atoms with Gasteiger partial charge in [-0.1, -0.05) is 30.3 Å². The van der Waals surface area contributed by atoms with Crippen LogP contribution in [0.2, 0.25) is 0 Å². The van der Waals surface area contributed by atoms with Crippen LogP contribution in [0.15, 0.2) is 30.3 Å². The molecule has 0 heterocycles. The lowest BCUT2D eigenvalue weighted by molar-refractivity contribution is 0.342. The van der Waals surface area contributed by atoms with E-state index in [1.165, 1.54) is 21.9 Å². The van der Waals surface area contributed by atoms with Crippen LogP contribution in [0.5, 0.6) is 5.75 Å². The van der Waals surface area contributed by atoms with E-state index >= 15 is 0 Å². The molecule has 2 aromatic rings. The number of hydrogen-bond donors (Lipinski definition) is 0. The van der Waals surface area contributed by atoms with E-state index in [1.807, 2.05) is 6.92 Å². The smallest absolute Gasteiger partial charge is 0.130 e. The van der Waals surface area contributed by atoms with E-state index in [0.29, 0.717) is 6.61 Å². The summed E-state index contributed by atoms with van der Waals surface area (Å²) in [7, 11) is 0. The van der Waals surface area contributed by atoms with E-state index in [9.17, 15) is 0 Å². The third-order valence-electron chi connectivity index (χ3n) is 2.80. The first-order valence-electron chi connectivity index (χ1n) is 5.35. The van der Waals surface area contributed by atoms with Gasteiger partial charge >= 0.3 is 0 Å². The van der Waals surface area contributed by atoms with Gasteiger partial charge in [0.1, 0.15) is 5.75 Å². The van der Waals surface area contributed by atoms with E-state index in [4.69, 9.17) is 4.74 Å². The monoisotopic (exact) mass is 200 g/mol. The maximum Gasteiger partial charge on any atom is 0.130 e. The second-order valence-corrected chi connectivity index (χ2v) is 3.80. The van der Waals surface area contributed by atoms with E-state index < -0.39 is 0 Å². The van der Waals surface area contributed by atoms with Crippen molar-refractivity contribution in [1.82, 2.24) is 0 Å². The van der Waals surface area contributed by atoms with Gasteiger partial charge in [-0.05, 0) is 37.3 Å². The highest BCUT2D eigenvalue weighted by Crippen LogP contribution is 2.31. The normalized spacial score (nSPS) is 10.6. The van der Waals surface area contributed by atoms with Crippen molar-refractivity contribution in [3.8, 4) is 5.75 Å². The molecule has 0 amide bonds. The molecule has 0 saturated heterocycles. The molecular weight excluding hydrogens is 184 g/mol. The van der Waals surface area contributed by atoms with Gasteiger partial charge in [-0.25, -0.2) is 0 Å². The minimum absolute atomic E-state index is 0.717. The van der Waals surface area contributed by atoms with Gasteiger partial charge in [0.05, 0.1) is 6.61 Å². The molecule has 0 bridgehead atoms. The largest absolute Gasteiger partial charge is 0.493 e. The highest BCUT2D eigenvalue weighted by molar-refractivity contribution is 5.90. The molecule has 0 spiro atoms. The van der Waals surface area contributed by atoms with Crippen molar-refractivity contribution in [3.63, 3.8) is 0 Å². The average Bonchev–Trinajstić information content (AvgIpc) is 2.25. The van der Waals surface area contributed by atoms with Crippen molar-refractivity contribution < 1.29 is 4.74 Å². The van der Waals surface area contributed by atoms with Crippen LogP contribution in [0.25, 0.3) is 10.8 Å². The molecule has 0 saturated carbocycles. The molecule has 0 fully saturated rings. The first kappa shape index (κ1) is 10.0. The van der Waals surface area contributed by atoms with Gasteiger partial charge in [0, 0.05) is 5.39 Å². The van der Waals surface area contributed by atoms with Crippen LogP contribution in [0.4, 0.5) is 0 Å². The molecule has 0 aliphatic heterocycles. The highest BCUT2D eigenvalue weighted by Gasteiger charge is 2.07. The molecule has 0 unspecified atom stereocenters.